The third-order valence-electron chi connectivity index (χ3n) is 4.78. The average molecular weight is 366 g/mol. The zero-order valence-electron chi connectivity index (χ0n) is 16.1. The summed E-state index contributed by atoms with van der Waals surface area (Å²) in [5.74, 6) is 0.602. The van der Waals surface area contributed by atoms with Gasteiger partial charge in [0.25, 0.3) is 5.91 Å². The Hall–Kier alpha value is -2.89. The van der Waals surface area contributed by atoms with E-state index in [-0.39, 0.29) is 11.3 Å². The lowest BCUT2D eigenvalue weighted by Gasteiger charge is -2.32. The van der Waals surface area contributed by atoms with Crippen LogP contribution in [0.4, 0.5) is 11.5 Å². The molecule has 1 fully saturated rings. The van der Waals surface area contributed by atoms with Gasteiger partial charge in [-0.25, -0.2) is 4.98 Å². The molecule has 27 heavy (non-hydrogen) atoms. The van der Waals surface area contributed by atoms with Crippen molar-refractivity contribution in [3.8, 4) is 0 Å². The summed E-state index contributed by atoms with van der Waals surface area (Å²) in [4.78, 5) is 31.3. The fourth-order valence-corrected chi connectivity index (χ4v) is 3.05. The molecule has 0 spiro atoms. The molecule has 1 aromatic heterocycles. The number of aromatic nitrogens is 1. The van der Waals surface area contributed by atoms with Crippen molar-refractivity contribution in [1.29, 1.82) is 0 Å². The van der Waals surface area contributed by atoms with Crippen molar-refractivity contribution in [1.82, 2.24) is 14.8 Å². The number of amides is 2. The first-order chi connectivity index (χ1) is 12.9. The third kappa shape index (κ3) is 4.64. The first-order valence-corrected chi connectivity index (χ1v) is 9.19. The summed E-state index contributed by atoms with van der Waals surface area (Å²) in [6.45, 7) is 8.80. The van der Waals surface area contributed by atoms with Gasteiger partial charge in [0, 0.05) is 43.6 Å². The molecule has 0 bridgehead atoms. The second kappa shape index (κ2) is 7.78. The predicted octanol–water partition coefficient (Wildman–Crippen LogP) is 3.04. The fraction of sp³-hybridized carbons (Fsp3) is 0.381. The number of piperazine rings is 1. The number of pyridine rings is 1. The van der Waals surface area contributed by atoms with Crippen molar-refractivity contribution in [2.24, 2.45) is 0 Å². The number of carbonyl (C=O) groups is 2. The van der Waals surface area contributed by atoms with Gasteiger partial charge in [0.15, 0.2) is 0 Å². The lowest BCUT2D eigenvalue weighted by molar-refractivity contribution is -0.119. The van der Waals surface area contributed by atoms with Crippen molar-refractivity contribution in [3.63, 3.8) is 0 Å². The Balaban J connectivity index is 1.68. The van der Waals surface area contributed by atoms with Gasteiger partial charge >= 0.3 is 0 Å². The Labute approximate surface area is 160 Å². The minimum Gasteiger partial charge on any atom is -0.342 e. The highest BCUT2D eigenvalue weighted by atomic mass is 16.2. The molecule has 0 unspecified atom stereocenters. The van der Waals surface area contributed by atoms with Gasteiger partial charge in [0.2, 0.25) is 6.41 Å². The number of nitrogens with one attached hydrogen (secondary N) is 1. The molecular formula is C21H26N4O2. The molecular weight excluding hydrogens is 340 g/mol. The van der Waals surface area contributed by atoms with Crippen LogP contribution in [0.15, 0.2) is 42.6 Å². The summed E-state index contributed by atoms with van der Waals surface area (Å²) in [7, 11) is 0. The number of carbonyl (C=O) groups excluding carboxylic acids is 2. The van der Waals surface area contributed by atoms with Crippen LogP contribution in [0.5, 0.6) is 0 Å². The van der Waals surface area contributed by atoms with Crippen LogP contribution in [-0.2, 0) is 10.2 Å². The maximum absolute atomic E-state index is 12.7. The molecule has 2 amide bonds. The van der Waals surface area contributed by atoms with E-state index < -0.39 is 0 Å². The summed E-state index contributed by atoms with van der Waals surface area (Å²) in [5.41, 5.74) is 2.90. The fourth-order valence-electron chi connectivity index (χ4n) is 3.05. The molecule has 6 heteroatoms. The largest absolute Gasteiger partial charge is 0.342 e. The summed E-state index contributed by atoms with van der Waals surface area (Å²) in [6.07, 6.45) is 2.47. The van der Waals surface area contributed by atoms with Crippen molar-refractivity contribution in [3.05, 3.63) is 53.7 Å². The molecule has 0 radical (unpaired) electrons. The molecule has 2 aromatic rings. The molecule has 0 saturated carbocycles. The maximum atomic E-state index is 12.7. The van der Waals surface area contributed by atoms with Crippen LogP contribution < -0.4 is 5.32 Å². The van der Waals surface area contributed by atoms with E-state index in [2.05, 4.69) is 43.2 Å². The van der Waals surface area contributed by atoms with Gasteiger partial charge in [-0.2, -0.15) is 0 Å². The monoisotopic (exact) mass is 366 g/mol. The van der Waals surface area contributed by atoms with Gasteiger partial charge < -0.3 is 15.1 Å². The van der Waals surface area contributed by atoms with E-state index in [1.165, 1.54) is 5.56 Å². The van der Waals surface area contributed by atoms with Crippen LogP contribution in [0.3, 0.4) is 0 Å². The van der Waals surface area contributed by atoms with Crippen LogP contribution in [0, 0.1) is 0 Å². The Bertz CT molecular complexity index is 804. The van der Waals surface area contributed by atoms with Crippen molar-refractivity contribution in [2.75, 3.05) is 31.5 Å². The summed E-state index contributed by atoms with van der Waals surface area (Å²) in [5, 5.41) is 3.26. The van der Waals surface area contributed by atoms with Crippen LogP contribution in [-0.4, -0.2) is 53.3 Å². The van der Waals surface area contributed by atoms with Gasteiger partial charge in [-0.1, -0.05) is 32.9 Å². The molecule has 1 aliphatic rings. The Morgan fingerprint density at radius 2 is 1.74 bits per heavy atom. The normalized spacial score (nSPS) is 14.8. The molecule has 1 N–H and O–H groups in total. The van der Waals surface area contributed by atoms with E-state index >= 15 is 0 Å². The lowest BCUT2D eigenvalue weighted by atomic mass is 9.87. The van der Waals surface area contributed by atoms with Crippen LogP contribution in [0.1, 0.15) is 36.7 Å². The van der Waals surface area contributed by atoms with Gasteiger partial charge in [-0.05, 0) is 35.2 Å². The zero-order valence-corrected chi connectivity index (χ0v) is 16.1. The minimum atomic E-state index is -0.0333. The van der Waals surface area contributed by atoms with E-state index in [4.69, 9.17) is 0 Å². The van der Waals surface area contributed by atoms with Crippen molar-refractivity contribution < 1.29 is 9.59 Å². The Morgan fingerprint density at radius 3 is 2.33 bits per heavy atom. The molecule has 2 heterocycles. The van der Waals surface area contributed by atoms with Gasteiger partial charge in [0.05, 0.1) is 0 Å². The lowest BCUT2D eigenvalue weighted by Crippen LogP contribution is -2.48. The third-order valence-corrected chi connectivity index (χ3v) is 4.78. The van der Waals surface area contributed by atoms with Gasteiger partial charge in [0.1, 0.15) is 5.82 Å². The number of anilines is 2. The molecule has 142 valence electrons. The molecule has 3 rings (SSSR count). The molecule has 0 atom stereocenters. The number of hydrogen-bond donors (Lipinski definition) is 1. The van der Waals surface area contributed by atoms with E-state index in [1.54, 1.807) is 28.1 Å². The van der Waals surface area contributed by atoms with E-state index in [1.807, 2.05) is 12.1 Å². The highest BCUT2D eigenvalue weighted by Crippen LogP contribution is 2.24. The SMILES string of the molecule is CC(C)(C)c1ccc(Nc2cc(C(=O)N3CCN(C=O)CC3)ccn2)cc1. The van der Waals surface area contributed by atoms with Crippen molar-refractivity contribution >= 4 is 23.8 Å². The van der Waals surface area contributed by atoms with Crippen molar-refractivity contribution in [2.45, 2.75) is 26.2 Å². The van der Waals surface area contributed by atoms with E-state index in [9.17, 15) is 9.59 Å². The number of benzene rings is 1. The predicted molar refractivity (Wildman–Crippen MR) is 106 cm³/mol. The second-order valence-electron chi connectivity index (χ2n) is 7.82. The number of nitrogens with zero attached hydrogens (tertiary/aromatic N) is 3. The number of hydrogen-bond acceptors (Lipinski definition) is 4. The number of rotatable bonds is 4. The average Bonchev–Trinajstić information content (AvgIpc) is 2.67. The molecule has 1 saturated heterocycles. The highest BCUT2D eigenvalue weighted by Gasteiger charge is 2.21. The Kier molecular flexibility index (Phi) is 5.44. The van der Waals surface area contributed by atoms with Crippen LogP contribution >= 0.6 is 0 Å². The summed E-state index contributed by atoms with van der Waals surface area (Å²) in [6, 6.07) is 11.7. The zero-order chi connectivity index (χ0) is 19.4. The second-order valence-corrected chi connectivity index (χ2v) is 7.82. The molecule has 0 aliphatic carbocycles. The van der Waals surface area contributed by atoms with E-state index in [0.29, 0.717) is 37.6 Å². The molecule has 1 aliphatic heterocycles. The van der Waals surface area contributed by atoms with Crippen LogP contribution in [0.2, 0.25) is 0 Å². The molecule has 1 aromatic carbocycles. The van der Waals surface area contributed by atoms with Crippen LogP contribution in [0.25, 0.3) is 0 Å². The first kappa shape index (κ1) is 18.9. The quantitative estimate of drug-likeness (QED) is 0.845. The smallest absolute Gasteiger partial charge is 0.254 e. The Morgan fingerprint density at radius 1 is 1.07 bits per heavy atom. The first-order valence-electron chi connectivity index (χ1n) is 9.19. The van der Waals surface area contributed by atoms with Gasteiger partial charge in [-0.3, -0.25) is 9.59 Å². The topological polar surface area (TPSA) is 65.5 Å². The highest BCUT2D eigenvalue weighted by molar-refractivity contribution is 5.95. The van der Waals surface area contributed by atoms with E-state index in [0.717, 1.165) is 12.1 Å². The molecule has 6 nitrogen and oxygen atoms in total. The summed E-state index contributed by atoms with van der Waals surface area (Å²) >= 11 is 0. The standard InChI is InChI=1S/C21H26N4O2/c1-21(2,3)17-4-6-18(7-5-17)23-19-14-16(8-9-22-19)20(27)25-12-10-24(15-26)11-13-25/h4-9,14-15H,10-13H2,1-3H3,(H,22,23). The maximum Gasteiger partial charge on any atom is 0.254 e. The summed E-state index contributed by atoms with van der Waals surface area (Å²) < 4.78 is 0. The van der Waals surface area contributed by atoms with Gasteiger partial charge in [-0.15, -0.1) is 0 Å². The minimum absolute atomic E-state index is 0.0333.